The molecular weight excluding hydrogens is 523 g/mol. The highest BCUT2D eigenvalue weighted by molar-refractivity contribution is 8.15. The van der Waals surface area contributed by atoms with Gasteiger partial charge < -0.3 is 19.5 Å². The maximum absolute atomic E-state index is 13.3. The van der Waals surface area contributed by atoms with Gasteiger partial charge in [-0.05, 0) is 54.1 Å². The van der Waals surface area contributed by atoms with Gasteiger partial charge in [0.25, 0.3) is 0 Å². The van der Waals surface area contributed by atoms with Crippen molar-refractivity contribution < 1.29 is 37.0 Å². The molecule has 1 unspecified atom stereocenters. The van der Waals surface area contributed by atoms with Crippen molar-refractivity contribution >= 4 is 40.1 Å². The molecule has 8 nitrogen and oxygen atoms in total. The summed E-state index contributed by atoms with van der Waals surface area (Å²) in [5.74, 6) is 0.0294. The predicted molar refractivity (Wildman–Crippen MR) is 134 cm³/mol. The van der Waals surface area contributed by atoms with Crippen molar-refractivity contribution in [2.24, 2.45) is 4.99 Å². The minimum absolute atomic E-state index is 0.0931. The molecule has 3 aromatic rings. The minimum Gasteiger partial charge on any atom is -0.454 e. The Morgan fingerprint density at radius 1 is 1.05 bits per heavy atom. The molecule has 0 spiro atoms. The molecule has 2 amide bonds. The number of fused-ring (bicyclic) bond motifs is 1. The normalized spacial score (nSPS) is 18.0. The van der Waals surface area contributed by atoms with Crippen LogP contribution in [0.15, 0.2) is 77.8 Å². The van der Waals surface area contributed by atoms with Crippen molar-refractivity contribution in [3.8, 4) is 17.2 Å². The molecule has 2 heterocycles. The number of amides is 2. The Hall–Kier alpha value is -4.19. The highest BCUT2D eigenvalue weighted by Gasteiger charge is 2.36. The van der Waals surface area contributed by atoms with Crippen molar-refractivity contribution in [2.45, 2.75) is 24.6 Å². The lowest BCUT2D eigenvalue weighted by molar-refractivity contribution is -0.274. The van der Waals surface area contributed by atoms with Gasteiger partial charge in [0.1, 0.15) is 11.0 Å². The molecule has 1 atom stereocenters. The van der Waals surface area contributed by atoms with Crippen LogP contribution in [-0.4, -0.2) is 40.3 Å². The molecule has 2 aliphatic heterocycles. The van der Waals surface area contributed by atoms with Crippen LogP contribution < -0.4 is 19.5 Å². The number of hydrogen-bond acceptors (Lipinski definition) is 7. The van der Waals surface area contributed by atoms with Gasteiger partial charge in [-0.1, -0.05) is 36.0 Å². The molecule has 1 fully saturated rings. The molecule has 0 aromatic heterocycles. The Morgan fingerprint density at radius 2 is 1.79 bits per heavy atom. The third-order valence-corrected chi connectivity index (χ3v) is 6.73. The smallest absolute Gasteiger partial charge is 0.454 e. The molecule has 1 N–H and O–H groups in total. The largest absolute Gasteiger partial charge is 0.573 e. The minimum atomic E-state index is -4.81. The van der Waals surface area contributed by atoms with Crippen molar-refractivity contribution in [3.05, 3.63) is 78.4 Å². The van der Waals surface area contributed by atoms with Crippen LogP contribution in [0, 0.1) is 0 Å². The number of rotatable bonds is 6. The number of benzene rings is 3. The second-order valence-corrected chi connectivity index (χ2v) is 9.44. The van der Waals surface area contributed by atoms with Gasteiger partial charge in [0.05, 0.1) is 12.2 Å². The van der Waals surface area contributed by atoms with Gasteiger partial charge in [0.2, 0.25) is 18.6 Å². The fraction of sp³-hybridized carbons (Fsp3) is 0.192. The Bertz CT molecular complexity index is 1370. The summed E-state index contributed by atoms with van der Waals surface area (Å²) in [5.41, 5.74) is 1.68. The van der Waals surface area contributed by atoms with E-state index in [1.807, 2.05) is 24.3 Å². The number of halogens is 3. The topological polar surface area (TPSA) is 89.5 Å². The highest BCUT2D eigenvalue weighted by atomic mass is 32.2. The highest BCUT2D eigenvalue weighted by Crippen LogP contribution is 2.35. The van der Waals surface area contributed by atoms with Crippen LogP contribution in [0.3, 0.4) is 0 Å². The Morgan fingerprint density at radius 3 is 2.53 bits per heavy atom. The molecule has 38 heavy (non-hydrogen) atoms. The van der Waals surface area contributed by atoms with Crippen LogP contribution in [0.25, 0.3) is 0 Å². The first-order valence-corrected chi connectivity index (χ1v) is 12.3. The third-order valence-electron chi connectivity index (χ3n) is 5.55. The molecule has 0 aliphatic carbocycles. The number of nitrogens with zero attached hydrogens (tertiary/aromatic N) is 2. The average Bonchev–Trinajstić information content (AvgIpc) is 3.35. The summed E-state index contributed by atoms with van der Waals surface area (Å²) in [4.78, 5) is 32.4. The summed E-state index contributed by atoms with van der Waals surface area (Å²) in [6.07, 6.45) is -4.91. The molecule has 3 aromatic carbocycles. The molecular formula is C26H20F3N3O5S. The third kappa shape index (κ3) is 6.20. The fourth-order valence-corrected chi connectivity index (χ4v) is 4.89. The van der Waals surface area contributed by atoms with Crippen molar-refractivity contribution in [3.63, 3.8) is 0 Å². The zero-order valence-corrected chi connectivity index (χ0v) is 20.4. The molecule has 12 heteroatoms. The van der Waals surface area contributed by atoms with Crippen molar-refractivity contribution in [1.29, 1.82) is 0 Å². The Labute approximate surface area is 219 Å². The standard InChI is InChI=1S/C26H20F3N3O5S/c27-26(28,29)37-19-9-7-18(8-10-19)30-24(34)22-13-23(33)32(25(38-22)31-17-4-2-1-3-5-17)14-16-6-11-20-21(12-16)36-15-35-20/h1-12,22H,13-15H2,(H,30,34). The second kappa shape index (κ2) is 10.7. The number of hydrogen-bond donors (Lipinski definition) is 1. The number of thioether (sulfide) groups is 1. The zero-order valence-electron chi connectivity index (χ0n) is 19.6. The van der Waals surface area contributed by atoms with Gasteiger partial charge in [-0.3, -0.25) is 14.5 Å². The number of para-hydroxylation sites is 1. The number of aliphatic imine (C=N–C) groups is 1. The van der Waals surface area contributed by atoms with E-state index in [4.69, 9.17) is 9.47 Å². The molecule has 5 rings (SSSR count). The van der Waals surface area contributed by atoms with E-state index in [1.165, 1.54) is 17.0 Å². The summed E-state index contributed by atoms with van der Waals surface area (Å²) in [6.45, 7) is 0.343. The number of alkyl halides is 3. The van der Waals surface area contributed by atoms with Crippen molar-refractivity contribution in [2.75, 3.05) is 12.1 Å². The fourth-order valence-electron chi connectivity index (χ4n) is 3.79. The molecule has 0 radical (unpaired) electrons. The van der Waals surface area contributed by atoms with Crippen LogP contribution in [0.2, 0.25) is 0 Å². The Kier molecular flexibility index (Phi) is 7.14. The molecule has 1 saturated heterocycles. The first-order chi connectivity index (χ1) is 18.2. The summed E-state index contributed by atoms with van der Waals surface area (Å²) < 4.78 is 51.8. The van der Waals surface area contributed by atoms with Crippen LogP contribution in [0.4, 0.5) is 24.5 Å². The number of amidine groups is 1. The summed E-state index contributed by atoms with van der Waals surface area (Å²) in [7, 11) is 0. The van der Waals surface area contributed by atoms with Crippen molar-refractivity contribution in [1.82, 2.24) is 4.90 Å². The monoisotopic (exact) mass is 543 g/mol. The van der Waals surface area contributed by atoms with Gasteiger partial charge in [0.15, 0.2) is 16.7 Å². The van der Waals surface area contributed by atoms with E-state index >= 15 is 0 Å². The van der Waals surface area contributed by atoms with E-state index in [0.29, 0.717) is 22.4 Å². The lowest BCUT2D eigenvalue weighted by atomic mass is 10.1. The van der Waals surface area contributed by atoms with Crippen LogP contribution in [0.5, 0.6) is 17.2 Å². The SMILES string of the molecule is O=C(Nc1ccc(OC(F)(F)F)cc1)C1CC(=O)N(Cc2ccc3c(c2)OCO3)C(=Nc2ccccc2)S1. The van der Waals surface area contributed by atoms with Gasteiger partial charge in [-0.25, -0.2) is 4.99 Å². The Balaban J connectivity index is 1.33. The maximum Gasteiger partial charge on any atom is 0.573 e. The lowest BCUT2D eigenvalue weighted by Gasteiger charge is -2.32. The summed E-state index contributed by atoms with van der Waals surface area (Å²) in [6, 6.07) is 19.2. The number of carbonyl (C=O) groups is 2. The predicted octanol–water partition coefficient (Wildman–Crippen LogP) is 5.47. The average molecular weight is 544 g/mol. The molecule has 0 bridgehead atoms. The molecule has 0 saturated carbocycles. The maximum atomic E-state index is 13.3. The van der Waals surface area contributed by atoms with E-state index in [1.54, 1.807) is 24.3 Å². The van der Waals surface area contributed by atoms with E-state index in [9.17, 15) is 22.8 Å². The van der Waals surface area contributed by atoms with Gasteiger partial charge in [-0.2, -0.15) is 0 Å². The summed E-state index contributed by atoms with van der Waals surface area (Å²) in [5, 5.41) is 2.19. The zero-order chi connectivity index (χ0) is 26.7. The molecule has 2 aliphatic rings. The number of anilines is 1. The first-order valence-electron chi connectivity index (χ1n) is 11.4. The number of ether oxygens (including phenoxy) is 3. The second-order valence-electron chi connectivity index (χ2n) is 8.27. The number of carbonyl (C=O) groups excluding carboxylic acids is 2. The summed E-state index contributed by atoms with van der Waals surface area (Å²) >= 11 is 1.13. The van der Waals surface area contributed by atoms with Crippen LogP contribution >= 0.6 is 11.8 Å². The van der Waals surface area contributed by atoms with E-state index in [2.05, 4.69) is 15.0 Å². The van der Waals surface area contributed by atoms with Crippen LogP contribution in [-0.2, 0) is 16.1 Å². The lowest BCUT2D eigenvalue weighted by Crippen LogP contribution is -2.44. The molecule has 196 valence electrons. The van der Waals surface area contributed by atoms with E-state index < -0.39 is 23.3 Å². The van der Waals surface area contributed by atoms with Gasteiger partial charge in [0, 0.05) is 12.1 Å². The first kappa shape index (κ1) is 25.5. The van der Waals surface area contributed by atoms with Gasteiger partial charge in [-0.15, -0.1) is 13.2 Å². The number of nitrogens with one attached hydrogen (secondary N) is 1. The van der Waals surface area contributed by atoms with Gasteiger partial charge >= 0.3 is 6.36 Å². The van der Waals surface area contributed by atoms with E-state index in [-0.39, 0.29) is 31.4 Å². The van der Waals surface area contributed by atoms with E-state index in [0.717, 1.165) is 29.5 Å². The van der Waals surface area contributed by atoms with Crippen LogP contribution in [0.1, 0.15) is 12.0 Å². The quantitative estimate of drug-likeness (QED) is 0.443.